The van der Waals surface area contributed by atoms with Crippen LogP contribution in [-0.2, 0) is 9.47 Å². The lowest BCUT2D eigenvalue weighted by Gasteiger charge is -2.30. The molecule has 0 aliphatic heterocycles. The van der Waals surface area contributed by atoms with E-state index in [0.29, 0.717) is 11.3 Å². The van der Waals surface area contributed by atoms with Crippen LogP contribution in [0.1, 0.15) is 47.0 Å². The van der Waals surface area contributed by atoms with Crippen molar-refractivity contribution in [3.05, 3.63) is 0 Å². The van der Waals surface area contributed by atoms with Crippen molar-refractivity contribution < 1.29 is 9.47 Å². The molecule has 0 heterocycles. The maximum absolute atomic E-state index is 5.71. The van der Waals surface area contributed by atoms with Gasteiger partial charge in [0.15, 0.2) is 0 Å². The van der Waals surface area contributed by atoms with Gasteiger partial charge in [-0.1, -0.05) is 34.1 Å². The van der Waals surface area contributed by atoms with Gasteiger partial charge in [-0.15, -0.1) is 0 Å². The van der Waals surface area contributed by atoms with Crippen LogP contribution in [0.25, 0.3) is 0 Å². The van der Waals surface area contributed by atoms with Gasteiger partial charge in [-0.2, -0.15) is 0 Å². The van der Waals surface area contributed by atoms with Gasteiger partial charge in [0.05, 0.1) is 6.61 Å². The zero-order valence-electron chi connectivity index (χ0n) is 13.1. The molecule has 0 radical (unpaired) electrons. The predicted octanol–water partition coefficient (Wildman–Crippen LogP) is 3.09. The fourth-order valence-corrected chi connectivity index (χ4v) is 2.11. The van der Waals surface area contributed by atoms with Crippen molar-refractivity contribution in [1.82, 2.24) is 5.32 Å². The first kappa shape index (κ1) is 17.9. The average Bonchev–Trinajstić information content (AvgIpc) is 2.31. The monoisotopic (exact) mass is 259 g/mol. The van der Waals surface area contributed by atoms with Crippen LogP contribution in [0.15, 0.2) is 0 Å². The SMILES string of the molecule is CCCC(C)(CCOCC(C)C)CNCCOC. The standard InChI is InChI=1S/C15H33NO2/c1-6-7-15(4,13-16-9-11-17-5)8-10-18-12-14(2)3/h14,16H,6-13H2,1-5H3. The molecule has 1 atom stereocenters. The lowest BCUT2D eigenvalue weighted by molar-refractivity contribution is 0.0766. The largest absolute Gasteiger partial charge is 0.383 e. The molecule has 18 heavy (non-hydrogen) atoms. The molecule has 0 aliphatic rings. The molecule has 0 rings (SSSR count). The van der Waals surface area contributed by atoms with Crippen LogP contribution in [0.4, 0.5) is 0 Å². The Morgan fingerprint density at radius 2 is 1.89 bits per heavy atom. The van der Waals surface area contributed by atoms with Gasteiger partial charge in [0.25, 0.3) is 0 Å². The molecule has 3 nitrogen and oxygen atoms in total. The highest BCUT2D eigenvalue weighted by molar-refractivity contribution is 4.76. The molecule has 0 aromatic rings. The van der Waals surface area contributed by atoms with Crippen LogP contribution in [0, 0.1) is 11.3 Å². The second-order valence-corrected chi connectivity index (χ2v) is 5.95. The van der Waals surface area contributed by atoms with E-state index in [1.54, 1.807) is 7.11 Å². The second-order valence-electron chi connectivity index (χ2n) is 5.95. The third-order valence-corrected chi connectivity index (χ3v) is 3.19. The Morgan fingerprint density at radius 1 is 1.17 bits per heavy atom. The number of rotatable bonds is 12. The molecular formula is C15H33NO2. The Bertz CT molecular complexity index is 185. The zero-order valence-corrected chi connectivity index (χ0v) is 13.1. The van der Waals surface area contributed by atoms with Gasteiger partial charge in [0.2, 0.25) is 0 Å². The third kappa shape index (κ3) is 9.86. The Kier molecular flexibility index (Phi) is 10.7. The zero-order chi connectivity index (χ0) is 13.9. The highest BCUT2D eigenvalue weighted by Gasteiger charge is 2.22. The van der Waals surface area contributed by atoms with E-state index in [-0.39, 0.29) is 0 Å². The van der Waals surface area contributed by atoms with Crippen LogP contribution in [-0.4, -0.2) is 40.0 Å². The smallest absolute Gasteiger partial charge is 0.0587 e. The third-order valence-electron chi connectivity index (χ3n) is 3.19. The summed E-state index contributed by atoms with van der Waals surface area (Å²) < 4.78 is 10.8. The topological polar surface area (TPSA) is 30.5 Å². The Morgan fingerprint density at radius 3 is 2.44 bits per heavy atom. The summed E-state index contributed by atoms with van der Waals surface area (Å²) in [5, 5.41) is 3.48. The van der Waals surface area contributed by atoms with Crippen LogP contribution in [0.3, 0.4) is 0 Å². The Hall–Kier alpha value is -0.120. The van der Waals surface area contributed by atoms with Crippen molar-refractivity contribution in [3.8, 4) is 0 Å². The summed E-state index contributed by atoms with van der Waals surface area (Å²) in [6.07, 6.45) is 3.61. The van der Waals surface area contributed by atoms with Crippen LogP contribution in [0.5, 0.6) is 0 Å². The number of hydrogen-bond acceptors (Lipinski definition) is 3. The summed E-state index contributed by atoms with van der Waals surface area (Å²) in [5.74, 6) is 0.627. The number of nitrogens with one attached hydrogen (secondary N) is 1. The van der Waals surface area contributed by atoms with Crippen molar-refractivity contribution in [3.63, 3.8) is 0 Å². The molecule has 0 saturated carbocycles. The first-order valence-corrected chi connectivity index (χ1v) is 7.31. The van der Waals surface area contributed by atoms with Crippen molar-refractivity contribution >= 4 is 0 Å². The van der Waals surface area contributed by atoms with Crippen molar-refractivity contribution in [1.29, 1.82) is 0 Å². The van der Waals surface area contributed by atoms with Crippen LogP contribution < -0.4 is 5.32 Å². The van der Waals surface area contributed by atoms with Gasteiger partial charge in [0, 0.05) is 33.4 Å². The summed E-state index contributed by atoms with van der Waals surface area (Å²) >= 11 is 0. The molecule has 0 amide bonds. The van der Waals surface area contributed by atoms with Gasteiger partial charge < -0.3 is 14.8 Å². The summed E-state index contributed by atoms with van der Waals surface area (Å²) in [6.45, 7) is 13.5. The molecule has 0 aromatic heterocycles. The summed E-state index contributed by atoms with van der Waals surface area (Å²) in [5.41, 5.74) is 0.347. The van der Waals surface area contributed by atoms with E-state index < -0.39 is 0 Å². The Labute approximate surface area is 114 Å². The highest BCUT2D eigenvalue weighted by atomic mass is 16.5. The minimum Gasteiger partial charge on any atom is -0.383 e. The molecule has 0 saturated heterocycles. The van der Waals surface area contributed by atoms with E-state index >= 15 is 0 Å². The molecule has 0 bridgehead atoms. The van der Waals surface area contributed by atoms with E-state index in [1.807, 2.05) is 0 Å². The molecule has 0 fully saturated rings. The van der Waals surface area contributed by atoms with E-state index in [9.17, 15) is 0 Å². The lowest BCUT2D eigenvalue weighted by atomic mass is 9.82. The van der Waals surface area contributed by atoms with Gasteiger partial charge in [-0.25, -0.2) is 0 Å². The van der Waals surface area contributed by atoms with E-state index in [1.165, 1.54) is 12.8 Å². The molecule has 110 valence electrons. The molecule has 1 N–H and O–H groups in total. The predicted molar refractivity (Wildman–Crippen MR) is 78.0 cm³/mol. The highest BCUT2D eigenvalue weighted by Crippen LogP contribution is 2.26. The molecular weight excluding hydrogens is 226 g/mol. The quantitative estimate of drug-likeness (QED) is 0.546. The van der Waals surface area contributed by atoms with Gasteiger partial charge in [0.1, 0.15) is 0 Å². The van der Waals surface area contributed by atoms with E-state index in [4.69, 9.17) is 9.47 Å². The number of hydrogen-bond donors (Lipinski definition) is 1. The average molecular weight is 259 g/mol. The molecule has 0 aliphatic carbocycles. The lowest BCUT2D eigenvalue weighted by Crippen LogP contribution is -2.34. The minimum absolute atomic E-state index is 0.347. The van der Waals surface area contributed by atoms with Crippen molar-refractivity contribution in [2.24, 2.45) is 11.3 Å². The maximum Gasteiger partial charge on any atom is 0.0587 e. The van der Waals surface area contributed by atoms with Crippen molar-refractivity contribution in [2.45, 2.75) is 47.0 Å². The fraction of sp³-hybridized carbons (Fsp3) is 1.00. The second kappa shape index (κ2) is 10.8. The molecule has 1 unspecified atom stereocenters. The van der Waals surface area contributed by atoms with Crippen LogP contribution >= 0.6 is 0 Å². The number of ether oxygens (including phenoxy) is 2. The first-order chi connectivity index (χ1) is 8.54. The summed E-state index contributed by atoms with van der Waals surface area (Å²) in [4.78, 5) is 0. The maximum atomic E-state index is 5.71. The van der Waals surface area contributed by atoms with E-state index in [0.717, 1.165) is 39.3 Å². The Balaban J connectivity index is 3.85. The first-order valence-electron chi connectivity index (χ1n) is 7.31. The summed E-state index contributed by atoms with van der Waals surface area (Å²) in [7, 11) is 1.74. The molecule has 3 heteroatoms. The summed E-state index contributed by atoms with van der Waals surface area (Å²) in [6, 6.07) is 0. The normalized spacial score (nSPS) is 15.0. The molecule has 0 spiro atoms. The van der Waals surface area contributed by atoms with E-state index in [2.05, 4.69) is 33.0 Å². The van der Waals surface area contributed by atoms with Gasteiger partial charge >= 0.3 is 0 Å². The number of methoxy groups -OCH3 is 1. The fourth-order valence-electron chi connectivity index (χ4n) is 2.11. The minimum atomic E-state index is 0.347. The van der Waals surface area contributed by atoms with Gasteiger partial charge in [-0.3, -0.25) is 0 Å². The molecule has 0 aromatic carbocycles. The van der Waals surface area contributed by atoms with Crippen LogP contribution in [0.2, 0.25) is 0 Å². The van der Waals surface area contributed by atoms with Gasteiger partial charge in [-0.05, 0) is 24.2 Å². The van der Waals surface area contributed by atoms with Crippen molar-refractivity contribution in [2.75, 3.05) is 40.0 Å².